The van der Waals surface area contributed by atoms with Crippen LogP contribution in [0, 0.1) is 5.92 Å². The van der Waals surface area contributed by atoms with Gasteiger partial charge in [0, 0.05) is 32.2 Å². The maximum Gasteiger partial charge on any atom is 0.191 e. The average molecular weight is 451 g/mol. The van der Waals surface area contributed by atoms with Crippen LogP contribution in [0.2, 0.25) is 0 Å². The van der Waals surface area contributed by atoms with E-state index in [4.69, 9.17) is 0 Å². The van der Waals surface area contributed by atoms with Gasteiger partial charge in [0.25, 0.3) is 0 Å². The van der Waals surface area contributed by atoms with Crippen molar-refractivity contribution in [2.75, 3.05) is 46.3 Å². The van der Waals surface area contributed by atoms with Crippen LogP contribution in [0.3, 0.4) is 0 Å². The highest BCUT2D eigenvalue weighted by atomic mass is 127. The topological polar surface area (TPSA) is 42.9 Å². The minimum absolute atomic E-state index is 0. The van der Waals surface area contributed by atoms with Crippen LogP contribution in [0.5, 0.6) is 0 Å². The van der Waals surface area contributed by atoms with Crippen LogP contribution < -0.4 is 10.6 Å². The molecule has 0 saturated carbocycles. The lowest BCUT2D eigenvalue weighted by molar-refractivity contribution is 0.147. The number of nitrogens with zero attached hydrogens (tertiary/aromatic N) is 3. The number of piperidine rings is 1. The average Bonchev–Trinajstić information content (AvgIpc) is 3.03. The number of likely N-dealkylation sites (tertiary alicyclic amines) is 2. The summed E-state index contributed by atoms with van der Waals surface area (Å²) in [4.78, 5) is 9.56. The van der Waals surface area contributed by atoms with E-state index in [1.54, 1.807) is 0 Å². The second-order valence-electron chi connectivity index (χ2n) is 7.33. The number of nitrogens with one attached hydrogen (secondary N) is 2. The van der Waals surface area contributed by atoms with E-state index in [0.717, 1.165) is 31.5 Å². The van der Waals surface area contributed by atoms with Gasteiger partial charge in [-0.15, -0.1) is 24.0 Å². The van der Waals surface area contributed by atoms with Crippen LogP contribution in [0.4, 0.5) is 0 Å². The second-order valence-corrected chi connectivity index (χ2v) is 7.33. The number of hydrogen-bond acceptors (Lipinski definition) is 3. The third-order valence-electron chi connectivity index (χ3n) is 5.64. The number of hydrogen-bond donors (Lipinski definition) is 2. The molecule has 2 saturated heterocycles. The molecule has 2 rings (SSSR count). The predicted octanol–water partition coefficient (Wildman–Crippen LogP) is 2.37. The lowest BCUT2D eigenvalue weighted by Crippen LogP contribution is -2.49. The number of aliphatic imine (C=N–C) groups is 1. The van der Waals surface area contributed by atoms with Crippen molar-refractivity contribution >= 4 is 29.9 Å². The number of halogens is 1. The zero-order valence-corrected chi connectivity index (χ0v) is 18.4. The Hall–Kier alpha value is -0.0800. The van der Waals surface area contributed by atoms with E-state index in [2.05, 4.69) is 46.2 Å². The fourth-order valence-corrected chi connectivity index (χ4v) is 3.82. The first-order valence-corrected chi connectivity index (χ1v) is 9.56. The first-order valence-electron chi connectivity index (χ1n) is 9.56. The Bertz CT molecular complexity index is 368. The van der Waals surface area contributed by atoms with Crippen molar-refractivity contribution in [2.24, 2.45) is 10.9 Å². The summed E-state index contributed by atoms with van der Waals surface area (Å²) in [5.41, 5.74) is 0. The molecule has 0 bridgehead atoms. The molecule has 6 heteroatoms. The van der Waals surface area contributed by atoms with Gasteiger partial charge in [-0.2, -0.15) is 0 Å². The number of likely N-dealkylation sites (N-methyl/N-ethyl adjacent to an activating group) is 1. The molecular weight excluding hydrogens is 413 g/mol. The maximum atomic E-state index is 4.39. The molecule has 0 aromatic heterocycles. The smallest absolute Gasteiger partial charge is 0.191 e. The van der Waals surface area contributed by atoms with E-state index < -0.39 is 0 Å². The fourth-order valence-electron chi connectivity index (χ4n) is 3.82. The number of rotatable bonds is 6. The normalized spacial score (nSPS) is 25.3. The monoisotopic (exact) mass is 451 g/mol. The number of guanidine groups is 1. The molecule has 0 amide bonds. The van der Waals surface area contributed by atoms with Gasteiger partial charge in [-0.1, -0.05) is 13.8 Å². The van der Waals surface area contributed by atoms with Crippen molar-refractivity contribution in [3.63, 3.8) is 0 Å². The second kappa shape index (κ2) is 11.5. The van der Waals surface area contributed by atoms with E-state index >= 15 is 0 Å². The first kappa shape index (κ1) is 22.0. The molecule has 2 fully saturated rings. The zero-order valence-electron chi connectivity index (χ0n) is 16.1. The Morgan fingerprint density at radius 2 is 1.88 bits per heavy atom. The molecule has 0 spiro atoms. The molecule has 0 aromatic carbocycles. The van der Waals surface area contributed by atoms with Crippen molar-refractivity contribution < 1.29 is 0 Å². The van der Waals surface area contributed by atoms with Crippen molar-refractivity contribution in [3.05, 3.63) is 0 Å². The summed E-state index contributed by atoms with van der Waals surface area (Å²) in [6.07, 6.45) is 5.31. The van der Waals surface area contributed by atoms with Gasteiger partial charge in [0.1, 0.15) is 0 Å². The molecule has 2 heterocycles. The largest absolute Gasteiger partial charge is 0.355 e. The summed E-state index contributed by atoms with van der Waals surface area (Å²) in [6.45, 7) is 13.8. The Morgan fingerprint density at radius 3 is 2.50 bits per heavy atom. The minimum Gasteiger partial charge on any atom is -0.355 e. The van der Waals surface area contributed by atoms with E-state index in [0.29, 0.717) is 12.1 Å². The predicted molar refractivity (Wildman–Crippen MR) is 114 cm³/mol. The summed E-state index contributed by atoms with van der Waals surface area (Å²) < 4.78 is 0. The molecule has 5 nitrogen and oxygen atoms in total. The first-order chi connectivity index (χ1) is 11.1. The summed E-state index contributed by atoms with van der Waals surface area (Å²) >= 11 is 0. The van der Waals surface area contributed by atoms with Crippen LogP contribution in [-0.2, 0) is 0 Å². The van der Waals surface area contributed by atoms with E-state index in [9.17, 15) is 0 Å². The summed E-state index contributed by atoms with van der Waals surface area (Å²) in [7, 11) is 1.87. The van der Waals surface area contributed by atoms with Crippen molar-refractivity contribution in [3.8, 4) is 0 Å². The van der Waals surface area contributed by atoms with Gasteiger partial charge in [0.2, 0.25) is 0 Å². The maximum absolute atomic E-state index is 4.39. The molecule has 0 aromatic rings. The van der Waals surface area contributed by atoms with Crippen LogP contribution >= 0.6 is 24.0 Å². The van der Waals surface area contributed by atoms with E-state index in [1.807, 2.05) is 7.05 Å². The van der Waals surface area contributed by atoms with Gasteiger partial charge in [-0.05, 0) is 64.7 Å². The van der Waals surface area contributed by atoms with Crippen molar-refractivity contribution in [1.82, 2.24) is 20.4 Å². The van der Waals surface area contributed by atoms with E-state index in [1.165, 1.54) is 45.3 Å². The fraction of sp³-hybridized carbons (Fsp3) is 0.944. The molecule has 2 aliphatic rings. The van der Waals surface area contributed by atoms with Gasteiger partial charge < -0.3 is 10.6 Å². The van der Waals surface area contributed by atoms with Gasteiger partial charge >= 0.3 is 0 Å². The molecule has 2 aliphatic heterocycles. The van der Waals surface area contributed by atoms with Crippen LogP contribution in [0.1, 0.15) is 46.5 Å². The molecule has 142 valence electrons. The quantitative estimate of drug-likeness (QED) is 0.370. The lowest BCUT2D eigenvalue weighted by atomic mass is 9.98. The third kappa shape index (κ3) is 6.67. The van der Waals surface area contributed by atoms with Crippen molar-refractivity contribution in [2.45, 2.75) is 58.5 Å². The van der Waals surface area contributed by atoms with Crippen LogP contribution in [0.15, 0.2) is 4.99 Å². The van der Waals surface area contributed by atoms with Gasteiger partial charge in [-0.3, -0.25) is 14.8 Å². The summed E-state index contributed by atoms with van der Waals surface area (Å²) in [5, 5.41) is 7.03. The highest BCUT2D eigenvalue weighted by Gasteiger charge is 2.23. The van der Waals surface area contributed by atoms with Crippen LogP contribution in [-0.4, -0.2) is 74.2 Å². The molecular formula is C18H38IN5. The minimum atomic E-state index is 0. The SMILES string of the molecule is CCN1CCCC1CNC(=NC)NCC(C)N1CCC(C)CC1.I. The Morgan fingerprint density at radius 1 is 1.17 bits per heavy atom. The molecule has 0 radical (unpaired) electrons. The van der Waals surface area contributed by atoms with Crippen molar-refractivity contribution in [1.29, 1.82) is 0 Å². The molecule has 0 aliphatic carbocycles. The molecule has 2 unspecified atom stereocenters. The highest BCUT2D eigenvalue weighted by Crippen LogP contribution is 2.17. The molecule has 2 N–H and O–H groups in total. The van der Waals surface area contributed by atoms with Gasteiger partial charge in [0.05, 0.1) is 0 Å². The molecule has 24 heavy (non-hydrogen) atoms. The zero-order chi connectivity index (χ0) is 16.7. The summed E-state index contributed by atoms with van der Waals surface area (Å²) in [6, 6.07) is 1.24. The Balaban J connectivity index is 0.00000288. The third-order valence-corrected chi connectivity index (χ3v) is 5.64. The van der Waals surface area contributed by atoms with Gasteiger partial charge in [0.15, 0.2) is 5.96 Å². The summed E-state index contributed by atoms with van der Waals surface area (Å²) in [5.74, 6) is 1.85. The lowest BCUT2D eigenvalue weighted by Gasteiger charge is -2.35. The highest BCUT2D eigenvalue weighted by molar-refractivity contribution is 14.0. The van der Waals surface area contributed by atoms with E-state index in [-0.39, 0.29) is 24.0 Å². The van der Waals surface area contributed by atoms with Crippen LogP contribution in [0.25, 0.3) is 0 Å². The Labute approximate surface area is 166 Å². The molecule has 2 atom stereocenters. The Kier molecular flexibility index (Phi) is 10.5. The standard InChI is InChI=1S/C18H37N5.HI/c1-5-22-10-6-7-17(22)14-21-18(19-4)20-13-16(3)23-11-8-15(2)9-12-23;/h15-17H,5-14H2,1-4H3,(H2,19,20,21);1H. The van der Waals surface area contributed by atoms with Gasteiger partial charge in [-0.25, -0.2) is 0 Å².